The van der Waals surface area contributed by atoms with E-state index in [1.54, 1.807) is 4.68 Å². The quantitative estimate of drug-likeness (QED) is 0.821. The molecule has 0 aliphatic heterocycles. The lowest BCUT2D eigenvalue weighted by atomic mass is 10.1. The molecule has 1 heterocycles. The van der Waals surface area contributed by atoms with Crippen LogP contribution < -0.4 is 11.1 Å². The van der Waals surface area contributed by atoms with Gasteiger partial charge < -0.3 is 11.1 Å². The Balaban J connectivity index is 2.07. The number of rotatable bonds is 3. The first-order valence-electron chi connectivity index (χ1n) is 5.79. The van der Waals surface area contributed by atoms with Crippen molar-refractivity contribution in [1.29, 1.82) is 0 Å². The maximum absolute atomic E-state index is 12.9. The van der Waals surface area contributed by atoms with Crippen LogP contribution in [0.2, 0.25) is 0 Å². The molecule has 0 aliphatic rings. The van der Waals surface area contributed by atoms with Gasteiger partial charge in [0, 0.05) is 31.0 Å². The molecule has 0 atom stereocenters. The number of carbonyl (C=O) groups excluding carboxylic acids is 1. The monoisotopic (exact) mass is 262 g/mol. The Morgan fingerprint density at radius 1 is 1.53 bits per heavy atom. The summed E-state index contributed by atoms with van der Waals surface area (Å²) in [6.45, 7) is 2.23. The first kappa shape index (κ1) is 13.1. The summed E-state index contributed by atoms with van der Waals surface area (Å²) in [7, 11) is 1.82. The summed E-state index contributed by atoms with van der Waals surface area (Å²) < 4.78 is 14.6. The number of anilines is 1. The normalized spacial score (nSPS) is 10.5. The number of hydrogen-bond donors (Lipinski definition) is 2. The summed E-state index contributed by atoms with van der Waals surface area (Å²) in [4.78, 5) is 11.9. The van der Waals surface area contributed by atoms with Gasteiger partial charge in [-0.25, -0.2) is 4.39 Å². The molecule has 0 spiro atoms. The van der Waals surface area contributed by atoms with Crippen LogP contribution in [-0.4, -0.2) is 15.7 Å². The van der Waals surface area contributed by atoms with Crippen LogP contribution in [0.3, 0.4) is 0 Å². The van der Waals surface area contributed by atoms with E-state index in [9.17, 15) is 9.18 Å². The van der Waals surface area contributed by atoms with Crippen molar-refractivity contribution >= 4 is 11.6 Å². The van der Waals surface area contributed by atoms with Crippen LogP contribution in [0.1, 0.15) is 21.6 Å². The number of nitrogens with one attached hydrogen (secondary N) is 1. The first-order chi connectivity index (χ1) is 8.97. The Bertz CT molecular complexity index is 621. The van der Waals surface area contributed by atoms with Gasteiger partial charge in [0.2, 0.25) is 0 Å². The molecule has 0 unspecified atom stereocenters. The lowest BCUT2D eigenvalue weighted by Gasteiger charge is -2.07. The number of aryl methyl sites for hydroxylation is 2. The number of nitrogens with zero attached hydrogens (tertiary/aromatic N) is 2. The molecule has 1 amide bonds. The lowest BCUT2D eigenvalue weighted by Crippen LogP contribution is -2.24. The fraction of sp³-hybridized carbons (Fsp3) is 0.231. The zero-order valence-corrected chi connectivity index (χ0v) is 10.8. The fourth-order valence-electron chi connectivity index (χ4n) is 1.83. The van der Waals surface area contributed by atoms with Crippen molar-refractivity contribution in [3.8, 4) is 0 Å². The van der Waals surface area contributed by atoms with E-state index in [0.717, 1.165) is 17.3 Å². The van der Waals surface area contributed by atoms with Crippen molar-refractivity contribution in [3.05, 3.63) is 47.0 Å². The second-order valence-electron chi connectivity index (χ2n) is 4.33. The van der Waals surface area contributed by atoms with Crippen LogP contribution in [-0.2, 0) is 13.6 Å². The van der Waals surface area contributed by atoms with Crippen LogP contribution in [0.5, 0.6) is 0 Å². The summed E-state index contributed by atoms with van der Waals surface area (Å²) in [5, 5.41) is 6.92. The van der Waals surface area contributed by atoms with Gasteiger partial charge in [0.1, 0.15) is 5.82 Å². The Morgan fingerprint density at radius 2 is 2.26 bits per heavy atom. The summed E-state index contributed by atoms with van der Waals surface area (Å²) in [6, 6.07) is 3.71. The largest absolute Gasteiger partial charge is 0.398 e. The third-order valence-corrected chi connectivity index (χ3v) is 2.81. The maximum Gasteiger partial charge on any atom is 0.253 e. The SMILES string of the molecule is Cc1nn(C)cc1CNC(=O)c1ccc(F)cc1N. The fourth-order valence-corrected chi connectivity index (χ4v) is 1.83. The van der Waals surface area contributed by atoms with E-state index in [-0.39, 0.29) is 17.2 Å². The molecule has 0 aliphatic carbocycles. The number of carbonyl (C=O) groups is 1. The minimum Gasteiger partial charge on any atom is -0.398 e. The number of halogens is 1. The van der Waals surface area contributed by atoms with Gasteiger partial charge >= 0.3 is 0 Å². The topological polar surface area (TPSA) is 72.9 Å². The smallest absolute Gasteiger partial charge is 0.253 e. The van der Waals surface area contributed by atoms with Gasteiger partial charge in [-0.2, -0.15) is 5.10 Å². The van der Waals surface area contributed by atoms with Crippen molar-refractivity contribution in [2.75, 3.05) is 5.73 Å². The summed E-state index contributed by atoms with van der Waals surface area (Å²) in [6.07, 6.45) is 1.84. The molecule has 0 radical (unpaired) electrons. The number of benzene rings is 1. The zero-order chi connectivity index (χ0) is 14.0. The molecular formula is C13H15FN4O. The third-order valence-electron chi connectivity index (χ3n) is 2.81. The van der Waals surface area contributed by atoms with Gasteiger partial charge in [0.25, 0.3) is 5.91 Å². The Morgan fingerprint density at radius 3 is 2.84 bits per heavy atom. The zero-order valence-electron chi connectivity index (χ0n) is 10.8. The van der Waals surface area contributed by atoms with E-state index in [1.807, 2.05) is 20.2 Å². The highest BCUT2D eigenvalue weighted by Gasteiger charge is 2.11. The summed E-state index contributed by atoms with van der Waals surface area (Å²) >= 11 is 0. The predicted octanol–water partition coefficient (Wildman–Crippen LogP) is 1.38. The van der Waals surface area contributed by atoms with Crippen molar-refractivity contribution in [2.24, 2.45) is 7.05 Å². The second-order valence-corrected chi connectivity index (χ2v) is 4.33. The second kappa shape index (κ2) is 5.09. The Labute approximate surface area is 110 Å². The first-order valence-corrected chi connectivity index (χ1v) is 5.79. The van der Waals surface area contributed by atoms with Gasteiger partial charge in [-0.1, -0.05) is 0 Å². The van der Waals surface area contributed by atoms with Crippen LogP contribution >= 0.6 is 0 Å². The standard InChI is InChI=1S/C13H15FN4O/c1-8-9(7-18(2)17-8)6-16-13(19)11-4-3-10(14)5-12(11)15/h3-5,7H,6,15H2,1-2H3,(H,16,19). The van der Waals surface area contributed by atoms with E-state index in [2.05, 4.69) is 10.4 Å². The van der Waals surface area contributed by atoms with Crippen LogP contribution in [0, 0.1) is 12.7 Å². The summed E-state index contributed by atoms with van der Waals surface area (Å²) in [5.41, 5.74) is 7.78. The van der Waals surface area contributed by atoms with E-state index >= 15 is 0 Å². The molecule has 2 aromatic rings. The average Bonchev–Trinajstić information content (AvgIpc) is 2.65. The van der Waals surface area contributed by atoms with E-state index in [0.29, 0.717) is 6.54 Å². The number of amides is 1. The maximum atomic E-state index is 12.9. The molecule has 3 N–H and O–H groups in total. The molecule has 0 fully saturated rings. The van der Waals surface area contributed by atoms with E-state index in [4.69, 9.17) is 5.73 Å². The molecule has 0 saturated heterocycles. The highest BCUT2D eigenvalue weighted by molar-refractivity contribution is 5.99. The molecule has 100 valence electrons. The van der Waals surface area contributed by atoms with Crippen molar-refractivity contribution in [2.45, 2.75) is 13.5 Å². The number of nitrogens with two attached hydrogens (primary N) is 1. The lowest BCUT2D eigenvalue weighted by molar-refractivity contribution is 0.0951. The number of aromatic nitrogens is 2. The molecule has 1 aromatic heterocycles. The minimum absolute atomic E-state index is 0.125. The van der Waals surface area contributed by atoms with Crippen molar-refractivity contribution in [1.82, 2.24) is 15.1 Å². The van der Waals surface area contributed by atoms with E-state index < -0.39 is 5.82 Å². The van der Waals surface area contributed by atoms with Crippen molar-refractivity contribution in [3.63, 3.8) is 0 Å². The molecule has 0 bridgehead atoms. The van der Waals surface area contributed by atoms with Gasteiger partial charge in [0.05, 0.1) is 11.3 Å². The minimum atomic E-state index is -0.461. The van der Waals surface area contributed by atoms with E-state index in [1.165, 1.54) is 12.1 Å². The highest BCUT2D eigenvalue weighted by Crippen LogP contribution is 2.13. The van der Waals surface area contributed by atoms with Gasteiger partial charge in [0.15, 0.2) is 0 Å². The molecule has 1 aromatic carbocycles. The molecule has 19 heavy (non-hydrogen) atoms. The highest BCUT2D eigenvalue weighted by atomic mass is 19.1. The van der Waals surface area contributed by atoms with Crippen LogP contribution in [0.4, 0.5) is 10.1 Å². The van der Waals surface area contributed by atoms with Crippen LogP contribution in [0.15, 0.2) is 24.4 Å². The number of hydrogen-bond acceptors (Lipinski definition) is 3. The summed E-state index contributed by atoms with van der Waals surface area (Å²) in [5.74, 6) is -0.794. The molecule has 6 heteroatoms. The van der Waals surface area contributed by atoms with Gasteiger partial charge in [-0.15, -0.1) is 0 Å². The molecular weight excluding hydrogens is 247 g/mol. The average molecular weight is 262 g/mol. The molecule has 5 nitrogen and oxygen atoms in total. The molecule has 2 rings (SSSR count). The Hall–Kier alpha value is -2.37. The molecule has 0 saturated carbocycles. The number of nitrogen functional groups attached to an aromatic ring is 1. The van der Waals surface area contributed by atoms with Gasteiger partial charge in [-0.05, 0) is 25.1 Å². The Kier molecular flexibility index (Phi) is 3.50. The van der Waals surface area contributed by atoms with Gasteiger partial charge in [-0.3, -0.25) is 9.48 Å². The third kappa shape index (κ3) is 2.90. The van der Waals surface area contributed by atoms with Crippen LogP contribution in [0.25, 0.3) is 0 Å². The van der Waals surface area contributed by atoms with Crippen molar-refractivity contribution < 1.29 is 9.18 Å². The predicted molar refractivity (Wildman–Crippen MR) is 69.9 cm³/mol.